The number of aryl methyl sites for hydroxylation is 1. The summed E-state index contributed by atoms with van der Waals surface area (Å²) in [5, 5.41) is 1.19. The van der Waals surface area contributed by atoms with Gasteiger partial charge in [-0.1, -0.05) is 38.0 Å². The normalized spacial score (nSPS) is 11.4. The first-order valence-corrected chi connectivity index (χ1v) is 6.60. The molecule has 18 heavy (non-hydrogen) atoms. The van der Waals surface area contributed by atoms with Gasteiger partial charge in [-0.15, -0.1) is 0 Å². The molecule has 0 saturated carbocycles. The molecule has 0 unspecified atom stereocenters. The van der Waals surface area contributed by atoms with Crippen LogP contribution in [-0.4, -0.2) is 15.0 Å². The van der Waals surface area contributed by atoms with Crippen LogP contribution in [0.5, 0.6) is 0 Å². The summed E-state index contributed by atoms with van der Waals surface area (Å²) in [6.45, 7) is 2.22. The number of H-pyrrole nitrogens is 1. The van der Waals surface area contributed by atoms with Crippen molar-refractivity contribution in [2.24, 2.45) is 0 Å². The average molecular weight is 239 g/mol. The topological polar surface area (TPSA) is 41.6 Å². The van der Waals surface area contributed by atoms with Gasteiger partial charge in [-0.25, -0.2) is 9.97 Å². The number of fused-ring (bicyclic) bond motifs is 3. The summed E-state index contributed by atoms with van der Waals surface area (Å²) in [7, 11) is 0. The summed E-state index contributed by atoms with van der Waals surface area (Å²) in [5.41, 5.74) is 4.44. The van der Waals surface area contributed by atoms with Gasteiger partial charge < -0.3 is 4.98 Å². The second kappa shape index (κ2) is 4.77. The summed E-state index contributed by atoms with van der Waals surface area (Å²) in [5.74, 6) is 0. The van der Waals surface area contributed by atoms with Gasteiger partial charge in [0.15, 0.2) is 0 Å². The van der Waals surface area contributed by atoms with E-state index in [1.54, 1.807) is 6.33 Å². The number of rotatable bonds is 4. The summed E-state index contributed by atoms with van der Waals surface area (Å²) in [6.07, 6.45) is 6.40. The van der Waals surface area contributed by atoms with E-state index in [-0.39, 0.29) is 0 Å². The number of nitrogens with one attached hydrogen (secondary N) is 1. The molecule has 3 rings (SSSR count). The third kappa shape index (κ3) is 1.86. The summed E-state index contributed by atoms with van der Waals surface area (Å²) in [4.78, 5) is 12.3. The van der Waals surface area contributed by atoms with E-state index >= 15 is 0 Å². The standard InChI is InChI=1S/C15H17N3/c1-2-3-4-9-13-15-14(17-10-16-13)11-7-5-6-8-12(11)18-15/h5-8,10,18H,2-4,9H2,1H3. The SMILES string of the molecule is CCCCCc1ncnc2c1[nH]c1ccccc12. The maximum Gasteiger partial charge on any atom is 0.116 e. The molecule has 0 amide bonds. The van der Waals surface area contributed by atoms with Crippen LogP contribution in [0.2, 0.25) is 0 Å². The van der Waals surface area contributed by atoms with Crippen molar-refractivity contribution in [3.8, 4) is 0 Å². The van der Waals surface area contributed by atoms with E-state index in [1.165, 1.54) is 24.6 Å². The van der Waals surface area contributed by atoms with Gasteiger partial charge in [0.05, 0.1) is 16.7 Å². The highest BCUT2D eigenvalue weighted by Gasteiger charge is 2.09. The lowest BCUT2D eigenvalue weighted by Gasteiger charge is -2.00. The molecule has 3 aromatic rings. The highest BCUT2D eigenvalue weighted by atomic mass is 14.9. The lowest BCUT2D eigenvalue weighted by Crippen LogP contribution is -1.93. The molecule has 1 N–H and O–H groups in total. The summed E-state index contributed by atoms with van der Waals surface area (Å²) < 4.78 is 0. The van der Waals surface area contributed by atoms with Crippen LogP contribution >= 0.6 is 0 Å². The smallest absolute Gasteiger partial charge is 0.116 e. The fourth-order valence-electron chi connectivity index (χ4n) is 2.42. The Labute approximate surface area is 106 Å². The monoisotopic (exact) mass is 239 g/mol. The minimum absolute atomic E-state index is 1.03. The molecule has 3 heteroatoms. The molecular weight excluding hydrogens is 222 g/mol. The van der Waals surface area contributed by atoms with Gasteiger partial charge in [0.1, 0.15) is 6.33 Å². The molecule has 2 heterocycles. The van der Waals surface area contributed by atoms with Gasteiger partial charge in [-0.2, -0.15) is 0 Å². The maximum absolute atomic E-state index is 4.43. The van der Waals surface area contributed by atoms with Crippen molar-refractivity contribution in [2.75, 3.05) is 0 Å². The van der Waals surface area contributed by atoms with Gasteiger partial charge in [-0.3, -0.25) is 0 Å². The zero-order valence-corrected chi connectivity index (χ0v) is 10.6. The Kier molecular flexibility index (Phi) is 2.97. The Hall–Kier alpha value is -1.90. The molecule has 1 aromatic carbocycles. The van der Waals surface area contributed by atoms with Crippen LogP contribution in [0.15, 0.2) is 30.6 Å². The van der Waals surface area contributed by atoms with Crippen molar-refractivity contribution < 1.29 is 0 Å². The van der Waals surface area contributed by atoms with Crippen molar-refractivity contribution in [3.63, 3.8) is 0 Å². The molecular formula is C15H17N3. The fraction of sp³-hybridized carbons (Fsp3) is 0.333. The zero-order chi connectivity index (χ0) is 12.4. The van der Waals surface area contributed by atoms with Gasteiger partial charge in [0.25, 0.3) is 0 Å². The second-order valence-corrected chi connectivity index (χ2v) is 4.67. The molecule has 0 radical (unpaired) electrons. The first-order valence-electron chi connectivity index (χ1n) is 6.60. The number of aromatic amines is 1. The van der Waals surface area contributed by atoms with Gasteiger partial charge >= 0.3 is 0 Å². The van der Waals surface area contributed by atoms with E-state index in [4.69, 9.17) is 0 Å². The first-order chi connectivity index (χ1) is 8.90. The lowest BCUT2D eigenvalue weighted by molar-refractivity contribution is 0.709. The van der Waals surface area contributed by atoms with Crippen molar-refractivity contribution in [3.05, 3.63) is 36.3 Å². The lowest BCUT2D eigenvalue weighted by atomic mass is 10.1. The first kappa shape index (κ1) is 11.2. The number of unbranched alkanes of at least 4 members (excludes halogenated alkanes) is 2. The number of para-hydroxylation sites is 1. The molecule has 2 aromatic heterocycles. The van der Waals surface area contributed by atoms with Crippen molar-refractivity contribution in [1.82, 2.24) is 15.0 Å². The molecule has 0 spiro atoms. The third-order valence-corrected chi connectivity index (χ3v) is 3.38. The molecule has 0 aliphatic rings. The van der Waals surface area contributed by atoms with Crippen LogP contribution in [0, 0.1) is 0 Å². The summed E-state index contributed by atoms with van der Waals surface area (Å²) >= 11 is 0. The van der Waals surface area contributed by atoms with Gasteiger partial charge in [-0.05, 0) is 18.9 Å². The van der Waals surface area contributed by atoms with E-state index in [2.05, 4.69) is 40.1 Å². The Morgan fingerprint density at radius 3 is 2.89 bits per heavy atom. The van der Waals surface area contributed by atoms with E-state index in [9.17, 15) is 0 Å². The number of aromatic nitrogens is 3. The molecule has 0 atom stereocenters. The Morgan fingerprint density at radius 2 is 2.00 bits per heavy atom. The fourth-order valence-corrected chi connectivity index (χ4v) is 2.42. The van der Waals surface area contributed by atoms with Crippen LogP contribution < -0.4 is 0 Å². The van der Waals surface area contributed by atoms with Crippen molar-refractivity contribution >= 4 is 21.9 Å². The van der Waals surface area contributed by atoms with Crippen LogP contribution in [-0.2, 0) is 6.42 Å². The number of nitrogens with zero attached hydrogens (tertiary/aromatic N) is 2. The van der Waals surface area contributed by atoms with E-state index in [0.29, 0.717) is 0 Å². The Bertz CT molecular complexity index is 670. The van der Waals surface area contributed by atoms with Crippen LogP contribution in [0.3, 0.4) is 0 Å². The number of benzene rings is 1. The Balaban J connectivity index is 2.09. The Morgan fingerprint density at radius 1 is 1.11 bits per heavy atom. The quantitative estimate of drug-likeness (QED) is 0.703. The number of hydrogen-bond acceptors (Lipinski definition) is 2. The highest BCUT2D eigenvalue weighted by Crippen LogP contribution is 2.25. The average Bonchev–Trinajstić information content (AvgIpc) is 2.79. The summed E-state index contributed by atoms with van der Waals surface area (Å²) in [6, 6.07) is 8.29. The maximum atomic E-state index is 4.43. The van der Waals surface area contributed by atoms with E-state index < -0.39 is 0 Å². The minimum Gasteiger partial charge on any atom is -0.352 e. The minimum atomic E-state index is 1.03. The predicted molar refractivity (Wildman–Crippen MR) is 74.6 cm³/mol. The molecule has 0 fully saturated rings. The van der Waals surface area contributed by atoms with Gasteiger partial charge in [0.2, 0.25) is 0 Å². The van der Waals surface area contributed by atoms with Crippen LogP contribution in [0.4, 0.5) is 0 Å². The second-order valence-electron chi connectivity index (χ2n) is 4.67. The van der Waals surface area contributed by atoms with Crippen molar-refractivity contribution in [2.45, 2.75) is 32.6 Å². The number of hydrogen-bond donors (Lipinski definition) is 1. The molecule has 0 aliphatic carbocycles. The van der Waals surface area contributed by atoms with Crippen molar-refractivity contribution in [1.29, 1.82) is 0 Å². The van der Waals surface area contributed by atoms with Crippen LogP contribution in [0.1, 0.15) is 31.9 Å². The molecule has 0 aliphatic heterocycles. The molecule has 0 bridgehead atoms. The van der Waals surface area contributed by atoms with E-state index in [0.717, 1.165) is 28.7 Å². The van der Waals surface area contributed by atoms with E-state index in [1.807, 2.05) is 6.07 Å². The zero-order valence-electron chi connectivity index (χ0n) is 10.6. The molecule has 0 saturated heterocycles. The molecule has 3 nitrogen and oxygen atoms in total. The predicted octanol–water partition coefficient (Wildman–Crippen LogP) is 3.84. The third-order valence-electron chi connectivity index (χ3n) is 3.38. The van der Waals surface area contributed by atoms with Crippen LogP contribution in [0.25, 0.3) is 21.9 Å². The largest absolute Gasteiger partial charge is 0.352 e. The molecule has 92 valence electrons. The van der Waals surface area contributed by atoms with Gasteiger partial charge in [0, 0.05) is 10.9 Å². The highest BCUT2D eigenvalue weighted by molar-refractivity contribution is 6.05.